The highest BCUT2D eigenvalue weighted by Crippen LogP contribution is 2.37. The minimum absolute atomic E-state index is 0.0102. The summed E-state index contributed by atoms with van der Waals surface area (Å²) in [4.78, 5) is 17.1. The molecule has 0 saturated heterocycles. The van der Waals surface area contributed by atoms with E-state index in [2.05, 4.69) is 10.3 Å². The number of hydrogen-bond acceptors (Lipinski definition) is 5. The summed E-state index contributed by atoms with van der Waals surface area (Å²) in [5.74, 6) is -0.337. The van der Waals surface area contributed by atoms with Crippen LogP contribution < -0.4 is 5.32 Å². The molecular weight excluding hydrogens is 509 g/mol. The van der Waals surface area contributed by atoms with Gasteiger partial charge in [-0.1, -0.05) is 65.7 Å². The highest BCUT2D eigenvalue weighted by atomic mass is 35.5. The average Bonchev–Trinajstić information content (AvgIpc) is 3.27. The van der Waals surface area contributed by atoms with Crippen LogP contribution in [-0.2, 0) is 9.84 Å². The van der Waals surface area contributed by atoms with Gasteiger partial charge in [-0.15, -0.1) is 0 Å². The van der Waals surface area contributed by atoms with Gasteiger partial charge in [0.1, 0.15) is 11.5 Å². The molecule has 0 atom stereocenters. The van der Waals surface area contributed by atoms with E-state index in [1.807, 2.05) is 30.3 Å². The van der Waals surface area contributed by atoms with E-state index in [0.29, 0.717) is 11.1 Å². The normalized spacial score (nSPS) is 11.4. The first-order valence-corrected chi connectivity index (χ1v) is 13.2. The molecular formula is C25H21Cl2N3O4S. The van der Waals surface area contributed by atoms with Crippen LogP contribution in [0.5, 0.6) is 0 Å². The van der Waals surface area contributed by atoms with Crippen LogP contribution in [-0.4, -0.2) is 48.4 Å². The number of carbonyl (C=O) groups is 1. The third-order valence-electron chi connectivity index (χ3n) is 5.25. The molecule has 10 heteroatoms. The minimum Gasteiger partial charge on any atom is -0.395 e. The Hall–Kier alpha value is -3.17. The maximum atomic E-state index is 12.9. The predicted octanol–water partition coefficient (Wildman–Crippen LogP) is 4.64. The SMILES string of the molecule is CS(=O)(=O)c1cc(-c2ccccc2)ccc1-n1cc(C(=O)NCCO)nc1-c1c(Cl)cccc1Cl. The number of aliphatic hydroxyl groups is 1. The number of aromatic nitrogens is 2. The number of nitrogens with one attached hydrogen (secondary N) is 1. The van der Waals surface area contributed by atoms with Crippen LogP contribution in [0.3, 0.4) is 0 Å². The third-order valence-corrected chi connectivity index (χ3v) is 7.00. The molecule has 4 aromatic rings. The second-order valence-electron chi connectivity index (χ2n) is 7.72. The molecule has 1 amide bonds. The molecule has 0 aliphatic carbocycles. The van der Waals surface area contributed by atoms with Crippen LogP contribution in [0.4, 0.5) is 0 Å². The number of sulfone groups is 1. The monoisotopic (exact) mass is 529 g/mol. The van der Waals surface area contributed by atoms with E-state index < -0.39 is 15.7 Å². The molecule has 0 aliphatic rings. The molecule has 0 bridgehead atoms. The minimum atomic E-state index is -3.70. The van der Waals surface area contributed by atoms with Gasteiger partial charge in [0.15, 0.2) is 9.84 Å². The van der Waals surface area contributed by atoms with Crippen molar-refractivity contribution >= 4 is 38.9 Å². The first kappa shape index (κ1) is 24.9. The summed E-state index contributed by atoms with van der Waals surface area (Å²) in [7, 11) is -3.70. The lowest BCUT2D eigenvalue weighted by molar-refractivity contribution is 0.0940. The Morgan fingerprint density at radius 3 is 2.31 bits per heavy atom. The van der Waals surface area contributed by atoms with Crippen LogP contribution >= 0.6 is 23.2 Å². The van der Waals surface area contributed by atoms with Crippen molar-refractivity contribution in [1.82, 2.24) is 14.9 Å². The second kappa shape index (κ2) is 10.2. The lowest BCUT2D eigenvalue weighted by Crippen LogP contribution is -2.26. The molecule has 0 aliphatic heterocycles. The lowest BCUT2D eigenvalue weighted by Gasteiger charge is -2.15. The Kier molecular flexibility index (Phi) is 7.28. The van der Waals surface area contributed by atoms with Gasteiger partial charge in [-0.2, -0.15) is 0 Å². The van der Waals surface area contributed by atoms with Gasteiger partial charge in [0, 0.05) is 19.0 Å². The Labute approximate surface area is 212 Å². The number of imidazole rings is 1. The zero-order valence-corrected chi connectivity index (χ0v) is 20.9. The number of nitrogens with zero attached hydrogens (tertiary/aromatic N) is 2. The number of rotatable bonds is 7. The second-order valence-corrected chi connectivity index (χ2v) is 10.5. The van der Waals surface area contributed by atoms with E-state index in [1.165, 1.54) is 10.8 Å². The van der Waals surface area contributed by atoms with Gasteiger partial charge in [-0.3, -0.25) is 9.36 Å². The first-order valence-electron chi connectivity index (χ1n) is 10.5. The molecule has 35 heavy (non-hydrogen) atoms. The van der Waals surface area contributed by atoms with E-state index >= 15 is 0 Å². The first-order chi connectivity index (χ1) is 16.7. The van der Waals surface area contributed by atoms with Crippen LogP contribution in [0.1, 0.15) is 10.5 Å². The van der Waals surface area contributed by atoms with Gasteiger partial charge in [-0.05, 0) is 35.4 Å². The van der Waals surface area contributed by atoms with E-state index in [-0.39, 0.29) is 45.3 Å². The smallest absolute Gasteiger partial charge is 0.271 e. The standard InChI is InChI=1S/C25H21Cl2N3O4S/c1-35(33,34)22-14-17(16-6-3-2-4-7-16)10-11-21(22)30-15-20(25(32)28-12-13-31)29-24(30)23-18(26)8-5-9-19(23)27/h2-11,14-15,31H,12-13H2,1H3,(H,28,32). The van der Waals surface area contributed by atoms with Crippen molar-refractivity contribution in [1.29, 1.82) is 0 Å². The van der Waals surface area contributed by atoms with Crippen LogP contribution in [0, 0.1) is 0 Å². The van der Waals surface area contributed by atoms with Crippen molar-refractivity contribution in [3.05, 3.63) is 88.7 Å². The Morgan fingerprint density at radius 2 is 1.69 bits per heavy atom. The molecule has 0 radical (unpaired) electrons. The Bertz CT molecular complexity index is 1480. The Balaban J connectivity index is 1.98. The summed E-state index contributed by atoms with van der Waals surface area (Å²) in [6, 6.07) is 19.4. The zero-order valence-electron chi connectivity index (χ0n) is 18.6. The van der Waals surface area contributed by atoms with Crippen molar-refractivity contribution in [2.45, 2.75) is 4.90 Å². The molecule has 0 spiro atoms. The summed E-state index contributed by atoms with van der Waals surface area (Å²) in [6.45, 7) is -0.205. The topological polar surface area (TPSA) is 101 Å². The number of halogens is 2. The molecule has 1 aromatic heterocycles. The number of hydrogen-bond donors (Lipinski definition) is 2. The molecule has 4 rings (SSSR count). The third kappa shape index (κ3) is 5.26. The highest BCUT2D eigenvalue weighted by Gasteiger charge is 2.24. The van der Waals surface area contributed by atoms with Crippen molar-refractivity contribution in [3.8, 4) is 28.2 Å². The van der Waals surface area contributed by atoms with E-state index in [4.69, 9.17) is 28.3 Å². The van der Waals surface area contributed by atoms with Crippen LogP contribution in [0.25, 0.3) is 28.2 Å². The fraction of sp³-hybridized carbons (Fsp3) is 0.120. The number of benzene rings is 3. The fourth-order valence-electron chi connectivity index (χ4n) is 3.64. The molecule has 180 valence electrons. The van der Waals surface area contributed by atoms with Gasteiger partial charge in [0.2, 0.25) is 0 Å². The van der Waals surface area contributed by atoms with Gasteiger partial charge < -0.3 is 10.4 Å². The number of aliphatic hydroxyl groups excluding tert-OH is 1. The predicted molar refractivity (Wildman–Crippen MR) is 137 cm³/mol. The van der Waals surface area contributed by atoms with Gasteiger partial charge in [0.05, 0.1) is 32.8 Å². The highest BCUT2D eigenvalue weighted by molar-refractivity contribution is 7.90. The maximum Gasteiger partial charge on any atom is 0.271 e. The van der Waals surface area contributed by atoms with Crippen molar-refractivity contribution < 1.29 is 18.3 Å². The van der Waals surface area contributed by atoms with Crippen molar-refractivity contribution in [3.63, 3.8) is 0 Å². The largest absolute Gasteiger partial charge is 0.395 e. The maximum absolute atomic E-state index is 12.9. The van der Waals surface area contributed by atoms with Gasteiger partial charge >= 0.3 is 0 Å². The molecule has 3 aromatic carbocycles. The number of carbonyl (C=O) groups excluding carboxylic acids is 1. The molecule has 0 unspecified atom stereocenters. The van der Waals surface area contributed by atoms with Crippen LogP contribution in [0.15, 0.2) is 77.8 Å². The summed E-state index contributed by atoms with van der Waals surface area (Å²) in [5, 5.41) is 12.2. The summed E-state index contributed by atoms with van der Waals surface area (Å²) in [5.41, 5.74) is 2.22. The van der Waals surface area contributed by atoms with E-state index in [0.717, 1.165) is 11.8 Å². The summed E-state index contributed by atoms with van der Waals surface area (Å²) < 4.78 is 27.3. The van der Waals surface area contributed by atoms with E-state index in [9.17, 15) is 13.2 Å². The van der Waals surface area contributed by atoms with E-state index in [1.54, 1.807) is 36.4 Å². The lowest BCUT2D eigenvalue weighted by atomic mass is 10.1. The molecule has 0 saturated carbocycles. The number of amides is 1. The molecule has 1 heterocycles. The quantitative estimate of drug-likeness (QED) is 0.363. The van der Waals surface area contributed by atoms with Crippen molar-refractivity contribution in [2.24, 2.45) is 0 Å². The average molecular weight is 530 g/mol. The van der Waals surface area contributed by atoms with Crippen LogP contribution in [0.2, 0.25) is 10.0 Å². The summed E-state index contributed by atoms with van der Waals surface area (Å²) in [6.07, 6.45) is 2.54. The van der Waals surface area contributed by atoms with Gasteiger partial charge in [0.25, 0.3) is 5.91 Å². The fourth-order valence-corrected chi connectivity index (χ4v) is 5.10. The summed E-state index contributed by atoms with van der Waals surface area (Å²) >= 11 is 12.9. The molecule has 7 nitrogen and oxygen atoms in total. The molecule has 0 fully saturated rings. The Morgan fingerprint density at radius 1 is 1.00 bits per heavy atom. The molecule has 2 N–H and O–H groups in total. The zero-order chi connectivity index (χ0) is 25.2. The van der Waals surface area contributed by atoms with Gasteiger partial charge in [-0.25, -0.2) is 13.4 Å². The van der Waals surface area contributed by atoms with Crippen molar-refractivity contribution in [2.75, 3.05) is 19.4 Å².